The van der Waals surface area contributed by atoms with Crippen LogP contribution < -0.4 is 5.32 Å². The lowest BCUT2D eigenvalue weighted by Crippen LogP contribution is -2.39. The largest absolute Gasteiger partial charge is 0.508 e. The molecule has 17 heavy (non-hydrogen) atoms. The van der Waals surface area contributed by atoms with Gasteiger partial charge >= 0.3 is 0 Å². The smallest absolute Gasteiger partial charge is 0.123 e. The van der Waals surface area contributed by atoms with Crippen molar-refractivity contribution < 1.29 is 14.6 Å². The van der Waals surface area contributed by atoms with Crippen LogP contribution in [0.1, 0.15) is 12.5 Å². The second-order valence-corrected chi connectivity index (χ2v) is 5.17. The first kappa shape index (κ1) is 14.3. The van der Waals surface area contributed by atoms with Gasteiger partial charge < -0.3 is 15.5 Å². The number of phenols is 1. The average molecular weight is 259 g/mol. The van der Waals surface area contributed by atoms with E-state index in [1.807, 2.05) is 6.26 Å². The summed E-state index contributed by atoms with van der Waals surface area (Å²) in [7, 11) is 0. The van der Waals surface area contributed by atoms with Crippen LogP contribution in [0, 0.1) is 5.82 Å². The van der Waals surface area contributed by atoms with Crippen molar-refractivity contribution in [3.8, 4) is 5.75 Å². The van der Waals surface area contributed by atoms with Gasteiger partial charge in [0.1, 0.15) is 11.6 Å². The van der Waals surface area contributed by atoms with Gasteiger partial charge in [0.05, 0.1) is 5.60 Å². The van der Waals surface area contributed by atoms with Gasteiger partial charge in [0.15, 0.2) is 0 Å². The van der Waals surface area contributed by atoms with E-state index in [9.17, 15) is 14.6 Å². The fourth-order valence-electron chi connectivity index (χ4n) is 1.52. The van der Waals surface area contributed by atoms with Crippen LogP contribution in [0.25, 0.3) is 0 Å². The summed E-state index contributed by atoms with van der Waals surface area (Å²) < 4.78 is 12.9. The van der Waals surface area contributed by atoms with Crippen LogP contribution in [0.5, 0.6) is 5.75 Å². The Hall–Kier alpha value is -0.780. The SMILES string of the molecule is CSCC(C)(O)CNCc1cc(F)ccc1O. The molecule has 1 aromatic rings. The van der Waals surface area contributed by atoms with Crippen LogP contribution in [0.4, 0.5) is 4.39 Å². The Morgan fingerprint density at radius 3 is 2.82 bits per heavy atom. The Morgan fingerprint density at radius 1 is 1.47 bits per heavy atom. The minimum absolute atomic E-state index is 0.0587. The van der Waals surface area contributed by atoms with Crippen molar-refractivity contribution in [2.45, 2.75) is 19.1 Å². The highest BCUT2D eigenvalue weighted by atomic mass is 32.2. The Morgan fingerprint density at radius 2 is 2.18 bits per heavy atom. The van der Waals surface area contributed by atoms with E-state index in [2.05, 4.69) is 5.32 Å². The summed E-state index contributed by atoms with van der Waals surface area (Å²) in [5.41, 5.74) is -0.313. The van der Waals surface area contributed by atoms with Crippen LogP contribution >= 0.6 is 11.8 Å². The van der Waals surface area contributed by atoms with Crippen molar-refractivity contribution in [3.63, 3.8) is 0 Å². The van der Waals surface area contributed by atoms with E-state index >= 15 is 0 Å². The van der Waals surface area contributed by atoms with E-state index < -0.39 is 5.60 Å². The third-order valence-electron chi connectivity index (χ3n) is 2.32. The molecule has 0 heterocycles. The summed E-state index contributed by atoms with van der Waals surface area (Å²) in [6.45, 7) is 2.46. The van der Waals surface area contributed by atoms with Gasteiger partial charge in [-0.15, -0.1) is 0 Å². The molecule has 1 atom stereocenters. The molecule has 3 N–H and O–H groups in total. The third-order valence-corrected chi connectivity index (χ3v) is 3.23. The molecule has 0 aliphatic carbocycles. The van der Waals surface area contributed by atoms with E-state index in [0.29, 0.717) is 24.4 Å². The topological polar surface area (TPSA) is 52.5 Å². The molecule has 1 aromatic carbocycles. The van der Waals surface area contributed by atoms with Crippen LogP contribution in [-0.4, -0.2) is 34.4 Å². The van der Waals surface area contributed by atoms with Gasteiger partial charge in [0.2, 0.25) is 0 Å². The van der Waals surface area contributed by atoms with E-state index in [0.717, 1.165) is 0 Å². The fourth-order valence-corrected chi connectivity index (χ4v) is 2.25. The number of aliphatic hydroxyl groups is 1. The predicted molar refractivity (Wildman–Crippen MR) is 68.8 cm³/mol. The molecule has 0 bridgehead atoms. The van der Waals surface area contributed by atoms with Gasteiger partial charge in [0, 0.05) is 24.4 Å². The lowest BCUT2D eigenvalue weighted by molar-refractivity contribution is 0.0845. The Labute approximate surface area is 105 Å². The Balaban J connectivity index is 2.48. The molecule has 0 fully saturated rings. The lowest BCUT2D eigenvalue weighted by atomic mass is 10.1. The Kier molecular flexibility index (Phi) is 5.24. The number of nitrogens with one attached hydrogen (secondary N) is 1. The molecular weight excluding hydrogens is 241 g/mol. The highest BCUT2D eigenvalue weighted by Gasteiger charge is 2.18. The van der Waals surface area contributed by atoms with Crippen molar-refractivity contribution in [1.29, 1.82) is 0 Å². The van der Waals surface area contributed by atoms with Crippen molar-refractivity contribution in [2.24, 2.45) is 0 Å². The maximum atomic E-state index is 12.9. The van der Waals surface area contributed by atoms with E-state index in [1.165, 1.54) is 18.2 Å². The fraction of sp³-hybridized carbons (Fsp3) is 0.500. The van der Waals surface area contributed by atoms with Crippen LogP contribution in [0.2, 0.25) is 0 Å². The van der Waals surface area contributed by atoms with Crippen molar-refractivity contribution in [1.82, 2.24) is 5.32 Å². The van der Waals surface area contributed by atoms with Crippen molar-refractivity contribution in [2.75, 3.05) is 18.6 Å². The highest BCUT2D eigenvalue weighted by molar-refractivity contribution is 7.98. The zero-order valence-corrected chi connectivity index (χ0v) is 10.9. The number of thioether (sulfide) groups is 1. The van der Waals surface area contributed by atoms with Gasteiger partial charge in [-0.3, -0.25) is 0 Å². The first-order valence-corrected chi connectivity index (χ1v) is 6.73. The number of benzene rings is 1. The monoisotopic (exact) mass is 259 g/mol. The maximum absolute atomic E-state index is 12.9. The lowest BCUT2D eigenvalue weighted by Gasteiger charge is -2.22. The first-order chi connectivity index (χ1) is 7.94. The average Bonchev–Trinajstić information content (AvgIpc) is 2.23. The second kappa shape index (κ2) is 6.23. The molecule has 3 nitrogen and oxygen atoms in total. The molecule has 0 amide bonds. The highest BCUT2D eigenvalue weighted by Crippen LogP contribution is 2.17. The third kappa shape index (κ3) is 4.93. The number of rotatable bonds is 6. The number of phenolic OH excluding ortho intramolecular Hbond substituents is 1. The molecule has 1 unspecified atom stereocenters. The molecule has 0 radical (unpaired) electrons. The van der Waals surface area contributed by atoms with E-state index in [-0.39, 0.29) is 11.6 Å². The quantitative estimate of drug-likeness (QED) is 0.728. The summed E-state index contributed by atoms with van der Waals surface area (Å²) in [5.74, 6) is 0.300. The maximum Gasteiger partial charge on any atom is 0.123 e. The molecule has 0 saturated carbocycles. The summed E-state index contributed by atoms with van der Waals surface area (Å²) in [6, 6.07) is 3.82. The minimum Gasteiger partial charge on any atom is -0.508 e. The summed E-state index contributed by atoms with van der Waals surface area (Å²) in [6.07, 6.45) is 1.92. The second-order valence-electron chi connectivity index (χ2n) is 4.31. The molecule has 1 rings (SSSR count). The zero-order chi connectivity index (χ0) is 12.9. The molecule has 0 aromatic heterocycles. The Bertz CT molecular complexity index is 372. The van der Waals surface area contributed by atoms with Gasteiger partial charge in [0.25, 0.3) is 0 Å². The summed E-state index contributed by atoms with van der Waals surface area (Å²) in [5, 5.41) is 22.4. The van der Waals surface area contributed by atoms with E-state index in [1.54, 1.807) is 18.7 Å². The molecule has 0 spiro atoms. The van der Waals surface area contributed by atoms with Crippen LogP contribution in [-0.2, 0) is 6.54 Å². The zero-order valence-electron chi connectivity index (χ0n) is 10.0. The molecule has 0 aliphatic rings. The first-order valence-electron chi connectivity index (χ1n) is 5.34. The van der Waals surface area contributed by atoms with Crippen LogP contribution in [0.15, 0.2) is 18.2 Å². The predicted octanol–water partition coefficient (Wildman–Crippen LogP) is 1.73. The van der Waals surface area contributed by atoms with E-state index in [4.69, 9.17) is 0 Å². The number of hydrogen-bond donors (Lipinski definition) is 3. The number of halogens is 1. The van der Waals surface area contributed by atoms with Crippen LogP contribution in [0.3, 0.4) is 0 Å². The molecular formula is C12H18FNO2S. The molecule has 5 heteroatoms. The molecule has 0 saturated heterocycles. The van der Waals surface area contributed by atoms with Gasteiger partial charge in [-0.05, 0) is 31.4 Å². The summed E-state index contributed by atoms with van der Waals surface area (Å²) >= 11 is 1.56. The summed E-state index contributed by atoms with van der Waals surface area (Å²) in [4.78, 5) is 0. The number of aromatic hydroxyl groups is 1. The molecule has 0 aliphatic heterocycles. The molecule has 96 valence electrons. The van der Waals surface area contributed by atoms with Gasteiger partial charge in [-0.2, -0.15) is 11.8 Å². The van der Waals surface area contributed by atoms with Gasteiger partial charge in [-0.25, -0.2) is 4.39 Å². The number of hydrogen-bond acceptors (Lipinski definition) is 4. The van der Waals surface area contributed by atoms with Crippen molar-refractivity contribution >= 4 is 11.8 Å². The minimum atomic E-state index is -0.803. The normalized spacial score (nSPS) is 14.6. The van der Waals surface area contributed by atoms with Crippen molar-refractivity contribution in [3.05, 3.63) is 29.6 Å². The standard InChI is InChI=1S/C12H18FNO2S/c1-12(16,8-17-2)7-14-6-9-5-10(13)3-4-11(9)15/h3-5,14-16H,6-8H2,1-2H3. The van der Waals surface area contributed by atoms with Gasteiger partial charge in [-0.1, -0.05) is 0 Å².